The van der Waals surface area contributed by atoms with Crippen LogP contribution in [0.2, 0.25) is 5.02 Å². The van der Waals surface area contributed by atoms with E-state index < -0.39 is 12.0 Å². The lowest BCUT2D eigenvalue weighted by Crippen LogP contribution is -2.16. The summed E-state index contributed by atoms with van der Waals surface area (Å²) in [5, 5.41) is 19.8. The first-order valence-electron chi connectivity index (χ1n) is 15.4. The molecule has 1 N–H and O–H groups in total. The maximum Gasteiger partial charge on any atom is 0.354 e. The lowest BCUT2D eigenvalue weighted by molar-refractivity contribution is 0.0691. The van der Waals surface area contributed by atoms with Crippen molar-refractivity contribution in [3.05, 3.63) is 88.4 Å². The smallest absolute Gasteiger partial charge is 0.354 e. The van der Waals surface area contributed by atoms with Crippen molar-refractivity contribution in [1.82, 2.24) is 19.5 Å². The molecule has 2 aliphatic rings. The van der Waals surface area contributed by atoms with Crippen LogP contribution >= 0.6 is 11.6 Å². The van der Waals surface area contributed by atoms with Crippen molar-refractivity contribution in [2.24, 2.45) is 11.3 Å². The van der Waals surface area contributed by atoms with Gasteiger partial charge in [-0.25, -0.2) is 19.7 Å². The molecule has 0 amide bonds. The van der Waals surface area contributed by atoms with Crippen molar-refractivity contribution in [2.75, 3.05) is 0 Å². The first-order valence-corrected chi connectivity index (χ1v) is 15.8. The topological polar surface area (TPSA) is 127 Å². The van der Waals surface area contributed by atoms with Gasteiger partial charge in [0.1, 0.15) is 23.5 Å². The minimum absolute atomic E-state index is 0.00597. The number of fused-ring (bicyclic) bond motifs is 2. The summed E-state index contributed by atoms with van der Waals surface area (Å²) in [6, 6.07) is 15.3. The number of rotatable bonds is 11. The molecule has 9 nitrogen and oxygen atoms in total. The van der Waals surface area contributed by atoms with Crippen LogP contribution in [-0.4, -0.2) is 30.6 Å². The van der Waals surface area contributed by atoms with Gasteiger partial charge in [-0.15, -0.1) is 0 Å². The number of halogens is 2. The molecule has 1 fully saturated rings. The quantitative estimate of drug-likeness (QED) is 0.153. The molecule has 0 bridgehead atoms. The number of nitriles is 1. The predicted octanol–water partition coefficient (Wildman–Crippen LogP) is 8.15. The molecule has 0 spiro atoms. The van der Waals surface area contributed by atoms with Gasteiger partial charge in [-0.05, 0) is 74.3 Å². The Morgan fingerprint density at radius 2 is 2.07 bits per heavy atom. The average molecular weight is 640 g/mol. The van der Waals surface area contributed by atoms with E-state index in [0.29, 0.717) is 57.5 Å². The summed E-state index contributed by atoms with van der Waals surface area (Å²) in [5.41, 5.74) is 4.27. The maximum absolute atomic E-state index is 13.7. The zero-order valence-electron chi connectivity index (χ0n) is 25.0. The Hall–Kier alpha value is -4.75. The number of aromatic carboxylic acids is 1. The number of aryl methyl sites for hydroxylation is 1. The standard InChI is InChI=1S/C35H31ClFN5O4/c36-25-10-9-23(32-24(25)18-29(37)46-32)19-45-31-3-1-2-26(40-31)22-7-4-21(5-8-22)6-13-30-39-27-11-12-28(34(43)44)41-33(27)42(30)20-35(14-15-35)16-17-38/h1-3,7,9-12,18,21H,4-6,8,13-16,19-20H2,(H,43,44). The van der Waals surface area contributed by atoms with Crippen LogP contribution in [0.5, 0.6) is 5.88 Å². The van der Waals surface area contributed by atoms with Gasteiger partial charge in [-0.3, -0.25) is 0 Å². The van der Waals surface area contributed by atoms with Gasteiger partial charge >= 0.3 is 5.97 Å². The van der Waals surface area contributed by atoms with Crippen molar-refractivity contribution in [1.29, 1.82) is 5.26 Å². The number of pyridine rings is 2. The summed E-state index contributed by atoms with van der Waals surface area (Å²) in [6.45, 7) is 0.788. The molecular weight excluding hydrogens is 609 g/mol. The van der Waals surface area contributed by atoms with E-state index in [4.69, 9.17) is 30.7 Å². The van der Waals surface area contributed by atoms with Crippen LogP contribution in [0.3, 0.4) is 0 Å². The average Bonchev–Trinajstić information content (AvgIpc) is 3.56. The van der Waals surface area contributed by atoms with E-state index in [1.165, 1.54) is 17.7 Å². The third-order valence-electron chi connectivity index (χ3n) is 9.20. The summed E-state index contributed by atoms with van der Waals surface area (Å²) >= 11 is 6.18. The maximum atomic E-state index is 13.7. The Balaban J connectivity index is 1.02. The monoisotopic (exact) mass is 639 g/mol. The molecule has 1 unspecified atom stereocenters. The van der Waals surface area contributed by atoms with Gasteiger partial charge in [-0.1, -0.05) is 29.8 Å². The third-order valence-corrected chi connectivity index (χ3v) is 9.53. The van der Waals surface area contributed by atoms with Gasteiger partial charge < -0.3 is 18.8 Å². The van der Waals surface area contributed by atoms with Crippen LogP contribution in [0.1, 0.15) is 72.5 Å². The number of furan rings is 1. The molecule has 5 aromatic rings. The predicted molar refractivity (Wildman–Crippen MR) is 170 cm³/mol. The highest BCUT2D eigenvalue weighted by Gasteiger charge is 2.43. The van der Waals surface area contributed by atoms with Gasteiger partial charge in [-0.2, -0.15) is 9.65 Å². The number of carboxylic acid groups (broad SMARTS) is 1. The van der Waals surface area contributed by atoms with Crippen LogP contribution in [-0.2, 0) is 19.6 Å². The number of hydrogen-bond donors (Lipinski definition) is 1. The van der Waals surface area contributed by atoms with E-state index in [9.17, 15) is 19.6 Å². The van der Waals surface area contributed by atoms with Crippen molar-refractivity contribution in [2.45, 2.75) is 64.5 Å². The normalized spacial score (nSPS) is 17.2. The molecule has 4 aromatic heterocycles. The molecule has 2 aliphatic carbocycles. The lowest BCUT2D eigenvalue weighted by Gasteiger charge is -2.22. The van der Waals surface area contributed by atoms with Crippen molar-refractivity contribution < 1.29 is 23.4 Å². The number of nitrogens with zero attached hydrogens (tertiary/aromatic N) is 5. The summed E-state index contributed by atoms with van der Waals surface area (Å²) in [6.07, 6.45) is 9.16. The third kappa shape index (κ3) is 6.07. The number of ether oxygens (including phenoxy) is 1. The van der Waals surface area contributed by atoms with Gasteiger partial charge in [0, 0.05) is 47.9 Å². The fourth-order valence-corrected chi connectivity index (χ4v) is 6.57. The Bertz CT molecular complexity index is 2040. The van der Waals surface area contributed by atoms with E-state index >= 15 is 0 Å². The zero-order valence-corrected chi connectivity index (χ0v) is 25.8. The minimum atomic E-state index is -1.07. The number of benzene rings is 1. The molecule has 234 valence electrons. The highest BCUT2D eigenvalue weighted by molar-refractivity contribution is 6.35. The van der Waals surface area contributed by atoms with Crippen molar-refractivity contribution in [3.8, 4) is 11.9 Å². The van der Waals surface area contributed by atoms with Crippen LogP contribution in [0.15, 0.2) is 59.0 Å². The van der Waals surface area contributed by atoms with E-state index in [1.807, 2.05) is 12.1 Å². The fourth-order valence-electron chi connectivity index (χ4n) is 6.37. The van der Waals surface area contributed by atoms with E-state index in [0.717, 1.165) is 56.5 Å². The number of hydrogen-bond acceptors (Lipinski definition) is 7. The second-order valence-electron chi connectivity index (χ2n) is 12.4. The molecule has 1 saturated carbocycles. The van der Waals surface area contributed by atoms with Crippen LogP contribution < -0.4 is 4.74 Å². The van der Waals surface area contributed by atoms with Gasteiger partial charge in [0.05, 0.1) is 16.8 Å². The first kappa shape index (κ1) is 29.9. The summed E-state index contributed by atoms with van der Waals surface area (Å²) in [5.74, 6) is 0.762. The SMILES string of the molecule is N#CCC1(Cn2c(CCC3CC=C(c4cccc(OCc5ccc(Cl)c6cc(F)oc56)n4)CC3)nc3ccc(C(=O)O)nc32)CC1. The van der Waals surface area contributed by atoms with Crippen LogP contribution in [0.4, 0.5) is 4.39 Å². The Morgan fingerprint density at radius 3 is 2.83 bits per heavy atom. The zero-order chi connectivity index (χ0) is 31.8. The molecule has 0 radical (unpaired) electrons. The molecule has 11 heteroatoms. The number of aromatic nitrogens is 4. The molecule has 4 heterocycles. The molecule has 1 aromatic carbocycles. The van der Waals surface area contributed by atoms with Gasteiger partial charge in [0.15, 0.2) is 11.3 Å². The molecule has 0 saturated heterocycles. The summed E-state index contributed by atoms with van der Waals surface area (Å²) in [4.78, 5) is 25.6. The molecular formula is C35H31ClFN5O4. The Kier molecular flexibility index (Phi) is 7.95. The van der Waals surface area contributed by atoms with Gasteiger partial charge in [0.25, 0.3) is 6.01 Å². The molecule has 0 aliphatic heterocycles. The molecule has 46 heavy (non-hydrogen) atoms. The lowest BCUT2D eigenvalue weighted by atomic mass is 9.85. The highest BCUT2D eigenvalue weighted by atomic mass is 35.5. The summed E-state index contributed by atoms with van der Waals surface area (Å²) in [7, 11) is 0. The fraction of sp³-hybridized carbons (Fsp3) is 0.343. The largest absolute Gasteiger partial charge is 0.477 e. The number of allylic oxidation sites excluding steroid dienone is 2. The van der Waals surface area contributed by atoms with Crippen molar-refractivity contribution >= 4 is 45.3 Å². The highest BCUT2D eigenvalue weighted by Crippen LogP contribution is 2.50. The number of carboxylic acids is 1. The van der Waals surface area contributed by atoms with Crippen molar-refractivity contribution in [3.63, 3.8) is 0 Å². The minimum Gasteiger partial charge on any atom is -0.477 e. The van der Waals surface area contributed by atoms with E-state index in [2.05, 4.69) is 21.7 Å². The molecule has 1 atom stereocenters. The van der Waals surface area contributed by atoms with E-state index in [-0.39, 0.29) is 17.7 Å². The Morgan fingerprint density at radius 1 is 1.20 bits per heavy atom. The Labute approximate surface area is 269 Å². The van der Waals surface area contributed by atoms with Gasteiger partial charge in [0.2, 0.25) is 5.88 Å². The van der Waals surface area contributed by atoms with E-state index in [1.54, 1.807) is 24.3 Å². The number of imidazole rings is 1. The second kappa shape index (κ2) is 12.2. The number of carbonyl (C=O) groups is 1. The van der Waals surface area contributed by atoms with Crippen LogP contribution in [0, 0.1) is 28.7 Å². The molecule has 7 rings (SSSR count). The second-order valence-corrected chi connectivity index (χ2v) is 12.8. The summed E-state index contributed by atoms with van der Waals surface area (Å²) < 4.78 is 27.0. The first-order chi connectivity index (χ1) is 22.3. The van der Waals surface area contributed by atoms with Crippen LogP contribution in [0.25, 0.3) is 27.7 Å².